The van der Waals surface area contributed by atoms with Gasteiger partial charge in [-0.25, -0.2) is 0 Å². The van der Waals surface area contributed by atoms with Crippen LogP contribution in [-0.4, -0.2) is 35.2 Å². The third kappa shape index (κ3) is 3.89. The molecule has 2 aromatic heterocycles. The molecule has 2 aromatic rings. The van der Waals surface area contributed by atoms with Crippen LogP contribution in [0.1, 0.15) is 25.2 Å². The van der Waals surface area contributed by atoms with E-state index in [4.69, 9.17) is 4.52 Å². The van der Waals surface area contributed by atoms with E-state index in [1.165, 1.54) is 0 Å². The van der Waals surface area contributed by atoms with Gasteiger partial charge in [-0.2, -0.15) is 16.3 Å². The van der Waals surface area contributed by atoms with Crippen molar-refractivity contribution in [2.75, 3.05) is 13.1 Å². The van der Waals surface area contributed by atoms with Crippen LogP contribution >= 0.6 is 11.3 Å². The highest BCUT2D eigenvalue weighted by molar-refractivity contribution is 7.08. The number of aryl methyl sites for hydroxylation is 1. The molecule has 2 N–H and O–H groups in total. The Kier molecular flexibility index (Phi) is 4.62. The monoisotopic (exact) mass is 306 g/mol. The standard InChI is InChI=1S/C14H18N4O2S/c19-12(16-11-2-1-6-15-8-11)3-4-13-17-14(18-20-13)10-5-7-21-9-10/h5,7,9,11,15H,1-4,6,8H2,(H,16,19)/t11-/m0/s1. The van der Waals surface area contributed by atoms with Crippen LogP contribution in [0.25, 0.3) is 11.4 Å². The highest BCUT2D eigenvalue weighted by atomic mass is 32.1. The molecule has 3 heterocycles. The maximum atomic E-state index is 11.9. The SMILES string of the molecule is O=C(CCc1nc(-c2ccsc2)no1)N[C@H]1CCCNC1. The van der Waals surface area contributed by atoms with Crippen molar-refractivity contribution in [2.45, 2.75) is 31.7 Å². The first-order valence-corrected chi connectivity index (χ1v) is 8.11. The lowest BCUT2D eigenvalue weighted by Crippen LogP contribution is -2.45. The molecule has 0 bridgehead atoms. The molecule has 0 spiro atoms. The number of piperidine rings is 1. The van der Waals surface area contributed by atoms with Crippen LogP contribution in [0.2, 0.25) is 0 Å². The number of aromatic nitrogens is 2. The largest absolute Gasteiger partial charge is 0.352 e. The number of hydrogen-bond acceptors (Lipinski definition) is 6. The number of nitrogens with zero attached hydrogens (tertiary/aromatic N) is 2. The molecular weight excluding hydrogens is 288 g/mol. The summed E-state index contributed by atoms with van der Waals surface area (Å²) in [5.74, 6) is 1.13. The second-order valence-electron chi connectivity index (χ2n) is 5.13. The summed E-state index contributed by atoms with van der Waals surface area (Å²) in [6.07, 6.45) is 3.01. The van der Waals surface area contributed by atoms with Gasteiger partial charge in [0.05, 0.1) is 0 Å². The molecule has 1 atom stereocenters. The number of thiophene rings is 1. The van der Waals surface area contributed by atoms with E-state index in [-0.39, 0.29) is 11.9 Å². The Morgan fingerprint density at radius 3 is 3.29 bits per heavy atom. The summed E-state index contributed by atoms with van der Waals surface area (Å²) < 4.78 is 5.18. The zero-order chi connectivity index (χ0) is 14.5. The van der Waals surface area contributed by atoms with Crippen molar-refractivity contribution in [3.05, 3.63) is 22.7 Å². The van der Waals surface area contributed by atoms with Gasteiger partial charge in [0.2, 0.25) is 17.6 Å². The third-order valence-electron chi connectivity index (χ3n) is 3.48. The van der Waals surface area contributed by atoms with Crippen LogP contribution in [0.5, 0.6) is 0 Å². The van der Waals surface area contributed by atoms with E-state index in [0.717, 1.165) is 31.5 Å². The topological polar surface area (TPSA) is 80.0 Å². The first-order valence-electron chi connectivity index (χ1n) is 7.16. The lowest BCUT2D eigenvalue weighted by Gasteiger charge is -2.23. The van der Waals surface area contributed by atoms with Crippen LogP contribution in [-0.2, 0) is 11.2 Å². The summed E-state index contributed by atoms with van der Waals surface area (Å²) in [4.78, 5) is 16.2. The van der Waals surface area contributed by atoms with Gasteiger partial charge in [0.1, 0.15) is 0 Å². The van der Waals surface area contributed by atoms with E-state index in [2.05, 4.69) is 20.8 Å². The maximum Gasteiger partial charge on any atom is 0.227 e. The zero-order valence-electron chi connectivity index (χ0n) is 11.7. The molecule has 21 heavy (non-hydrogen) atoms. The molecule has 0 radical (unpaired) electrons. The molecule has 0 unspecified atom stereocenters. The predicted octanol–water partition coefficient (Wildman–Crippen LogP) is 1.60. The molecule has 0 saturated carbocycles. The normalized spacial score (nSPS) is 18.6. The van der Waals surface area contributed by atoms with E-state index in [1.54, 1.807) is 11.3 Å². The molecule has 1 amide bonds. The van der Waals surface area contributed by atoms with E-state index in [0.29, 0.717) is 24.6 Å². The van der Waals surface area contributed by atoms with Crippen LogP contribution in [0.15, 0.2) is 21.3 Å². The predicted molar refractivity (Wildman–Crippen MR) is 80.0 cm³/mol. The van der Waals surface area contributed by atoms with Crippen molar-refractivity contribution < 1.29 is 9.32 Å². The van der Waals surface area contributed by atoms with Crippen molar-refractivity contribution in [3.8, 4) is 11.4 Å². The Morgan fingerprint density at radius 2 is 2.52 bits per heavy atom. The first kappa shape index (κ1) is 14.2. The van der Waals surface area contributed by atoms with Crippen molar-refractivity contribution in [1.82, 2.24) is 20.8 Å². The fraction of sp³-hybridized carbons (Fsp3) is 0.500. The Balaban J connectivity index is 1.47. The Bertz CT molecular complexity index is 576. The second-order valence-corrected chi connectivity index (χ2v) is 5.91. The molecule has 7 heteroatoms. The molecule has 1 fully saturated rings. The van der Waals surface area contributed by atoms with Gasteiger partial charge in [-0.3, -0.25) is 4.79 Å². The summed E-state index contributed by atoms with van der Waals surface area (Å²) in [5, 5.41) is 14.2. The lowest BCUT2D eigenvalue weighted by atomic mass is 10.1. The highest BCUT2D eigenvalue weighted by Crippen LogP contribution is 2.18. The average Bonchev–Trinajstić information content (AvgIpc) is 3.17. The number of hydrogen-bond donors (Lipinski definition) is 2. The first-order chi connectivity index (χ1) is 10.3. The zero-order valence-corrected chi connectivity index (χ0v) is 12.5. The Hall–Kier alpha value is -1.73. The summed E-state index contributed by atoms with van der Waals surface area (Å²) in [6.45, 7) is 1.90. The Labute approximate surface area is 126 Å². The van der Waals surface area contributed by atoms with Crippen molar-refractivity contribution in [3.63, 3.8) is 0 Å². The van der Waals surface area contributed by atoms with Gasteiger partial charge in [-0.15, -0.1) is 0 Å². The van der Waals surface area contributed by atoms with Gasteiger partial charge < -0.3 is 15.2 Å². The number of carbonyl (C=O) groups excluding carboxylic acids is 1. The molecule has 1 saturated heterocycles. The molecular formula is C14H18N4O2S. The summed E-state index contributed by atoms with van der Waals surface area (Å²) >= 11 is 1.59. The quantitative estimate of drug-likeness (QED) is 0.877. The van der Waals surface area contributed by atoms with Crippen molar-refractivity contribution in [2.24, 2.45) is 0 Å². The average molecular weight is 306 g/mol. The fourth-order valence-electron chi connectivity index (χ4n) is 2.36. The van der Waals surface area contributed by atoms with Crippen LogP contribution in [0, 0.1) is 0 Å². The van der Waals surface area contributed by atoms with Crippen LogP contribution < -0.4 is 10.6 Å². The number of rotatable bonds is 5. The molecule has 1 aliphatic heterocycles. The van der Waals surface area contributed by atoms with Gasteiger partial charge in [0.15, 0.2) is 0 Å². The van der Waals surface area contributed by atoms with E-state index in [9.17, 15) is 4.79 Å². The molecule has 1 aliphatic rings. The number of carbonyl (C=O) groups is 1. The van der Waals surface area contributed by atoms with Crippen molar-refractivity contribution in [1.29, 1.82) is 0 Å². The maximum absolute atomic E-state index is 11.9. The van der Waals surface area contributed by atoms with E-state index < -0.39 is 0 Å². The van der Waals surface area contributed by atoms with Crippen LogP contribution in [0.4, 0.5) is 0 Å². The van der Waals surface area contributed by atoms with Gasteiger partial charge in [0, 0.05) is 36.4 Å². The van der Waals surface area contributed by atoms with E-state index in [1.807, 2.05) is 16.8 Å². The van der Waals surface area contributed by atoms with Gasteiger partial charge in [-0.1, -0.05) is 5.16 Å². The molecule has 0 aliphatic carbocycles. The number of amides is 1. The van der Waals surface area contributed by atoms with Gasteiger partial charge in [0.25, 0.3) is 0 Å². The molecule has 0 aromatic carbocycles. The van der Waals surface area contributed by atoms with E-state index >= 15 is 0 Å². The molecule has 112 valence electrons. The smallest absolute Gasteiger partial charge is 0.227 e. The summed E-state index contributed by atoms with van der Waals surface area (Å²) in [7, 11) is 0. The lowest BCUT2D eigenvalue weighted by molar-refractivity contribution is -0.121. The second kappa shape index (κ2) is 6.82. The molecule has 6 nitrogen and oxygen atoms in total. The fourth-order valence-corrected chi connectivity index (χ4v) is 3.00. The molecule has 3 rings (SSSR count). The minimum Gasteiger partial charge on any atom is -0.352 e. The Morgan fingerprint density at radius 1 is 1.57 bits per heavy atom. The van der Waals surface area contributed by atoms with Crippen molar-refractivity contribution >= 4 is 17.2 Å². The summed E-state index contributed by atoms with van der Waals surface area (Å²) in [6, 6.07) is 2.19. The minimum atomic E-state index is 0.0407. The third-order valence-corrected chi connectivity index (χ3v) is 4.16. The summed E-state index contributed by atoms with van der Waals surface area (Å²) in [5.41, 5.74) is 0.952. The van der Waals surface area contributed by atoms with Crippen LogP contribution in [0.3, 0.4) is 0 Å². The van der Waals surface area contributed by atoms with Gasteiger partial charge in [-0.05, 0) is 30.8 Å². The van der Waals surface area contributed by atoms with Gasteiger partial charge >= 0.3 is 0 Å². The number of nitrogens with one attached hydrogen (secondary N) is 2. The minimum absolute atomic E-state index is 0.0407. The highest BCUT2D eigenvalue weighted by Gasteiger charge is 2.16.